The van der Waals surface area contributed by atoms with Crippen LogP contribution in [0.25, 0.3) is 0 Å². The standard InChI is InChI=1S/C17H26N2O/c1-12(2)14-6-5-10-19(11-9-14)17(20)15-7-4-8-16(18)13(15)3/h4,7-8,12,14H,5-6,9-11,18H2,1-3H3. The van der Waals surface area contributed by atoms with Gasteiger partial charge in [-0.05, 0) is 55.7 Å². The molecule has 0 aromatic heterocycles. The summed E-state index contributed by atoms with van der Waals surface area (Å²) in [5, 5.41) is 0. The molecule has 1 aliphatic heterocycles. The molecule has 1 saturated heterocycles. The van der Waals surface area contributed by atoms with Gasteiger partial charge in [-0.3, -0.25) is 4.79 Å². The molecule has 3 nitrogen and oxygen atoms in total. The summed E-state index contributed by atoms with van der Waals surface area (Å²) < 4.78 is 0. The van der Waals surface area contributed by atoms with Crippen molar-refractivity contribution >= 4 is 11.6 Å². The predicted octanol–water partition coefficient (Wildman–Crippen LogP) is 3.48. The van der Waals surface area contributed by atoms with E-state index < -0.39 is 0 Å². The van der Waals surface area contributed by atoms with E-state index in [9.17, 15) is 4.79 Å². The highest BCUT2D eigenvalue weighted by Crippen LogP contribution is 2.26. The molecular weight excluding hydrogens is 248 g/mol. The van der Waals surface area contributed by atoms with Crippen LogP contribution in [-0.2, 0) is 0 Å². The Hall–Kier alpha value is -1.51. The second-order valence-electron chi connectivity index (χ2n) is 6.25. The van der Waals surface area contributed by atoms with Crippen LogP contribution in [0.3, 0.4) is 0 Å². The lowest BCUT2D eigenvalue weighted by atomic mass is 9.89. The summed E-state index contributed by atoms with van der Waals surface area (Å²) in [6.45, 7) is 8.23. The third kappa shape index (κ3) is 3.14. The molecule has 1 aromatic carbocycles. The van der Waals surface area contributed by atoms with Crippen LogP contribution in [0.15, 0.2) is 18.2 Å². The van der Waals surface area contributed by atoms with Gasteiger partial charge in [0.05, 0.1) is 0 Å². The van der Waals surface area contributed by atoms with E-state index in [4.69, 9.17) is 5.73 Å². The first kappa shape index (κ1) is 14.9. The number of rotatable bonds is 2. The maximum absolute atomic E-state index is 12.7. The van der Waals surface area contributed by atoms with Gasteiger partial charge in [-0.25, -0.2) is 0 Å². The fourth-order valence-corrected chi connectivity index (χ4v) is 3.05. The molecule has 1 unspecified atom stereocenters. The van der Waals surface area contributed by atoms with Gasteiger partial charge in [0.1, 0.15) is 0 Å². The second-order valence-corrected chi connectivity index (χ2v) is 6.25. The summed E-state index contributed by atoms with van der Waals surface area (Å²) in [6, 6.07) is 5.60. The van der Waals surface area contributed by atoms with Gasteiger partial charge in [0, 0.05) is 24.3 Å². The van der Waals surface area contributed by atoms with E-state index in [1.54, 1.807) is 0 Å². The zero-order valence-electron chi connectivity index (χ0n) is 12.9. The Labute approximate surface area is 122 Å². The van der Waals surface area contributed by atoms with E-state index in [-0.39, 0.29) is 5.91 Å². The zero-order chi connectivity index (χ0) is 14.7. The number of nitrogens with zero attached hydrogens (tertiary/aromatic N) is 1. The number of hydrogen-bond donors (Lipinski definition) is 1. The van der Waals surface area contributed by atoms with E-state index in [0.717, 1.165) is 43.0 Å². The van der Waals surface area contributed by atoms with Crippen LogP contribution in [0, 0.1) is 18.8 Å². The molecule has 2 rings (SSSR count). The summed E-state index contributed by atoms with van der Waals surface area (Å²) in [6.07, 6.45) is 3.46. The van der Waals surface area contributed by atoms with E-state index >= 15 is 0 Å². The van der Waals surface area contributed by atoms with Crippen molar-refractivity contribution in [2.24, 2.45) is 11.8 Å². The topological polar surface area (TPSA) is 46.3 Å². The number of carbonyl (C=O) groups is 1. The molecule has 3 heteroatoms. The van der Waals surface area contributed by atoms with Gasteiger partial charge in [0.2, 0.25) is 0 Å². The number of hydrogen-bond acceptors (Lipinski definition) is 2. The van der Waals surface area contributed by atoms with Crippen LogP contribution in [0.2, 0.25) is 0 Å². The molecule has 1 aromatic rings. The highest BCUT2D eigenvalue weighted by Gasteiger charge is 2.24. The molecule has 110 valence electrons. The van der Waals surface area contributed by atoms with Crippen LogP contribution < -0.4 is 5.73 Å². The molecule has 1 fully saturated rings. The van der Waals surface area contributed by atoms with E-state index in [0.29, 0.717) is 11.6 Å². The predicted molar refractivity (Wildman–Crippen MR) is 83.7 cm³/mol. The minimum Gasteiger partial charge on any atom is -0.398 e. The number of nitrogens with two attached hydrogens (primary N) is 1. The van der Waals surface area contributed by atoms with Crippen molar-refractivity contribution in [2.45, 2.75) is 40.0 Å². The summed E-state index contributed by atoms with van der Waals surface area (Å²) in [4.78, 5) is 14.7. The number of anilines is 1. The first-order valence-corrected chi connectivity index (χ1v) is 7.65. The molecule has 2 N–H and O–H groups in total. The third-order valence-corrected chi connectivity index (χ3v) is 4.61. The molecule has 1 aliphatic rings. The van der Waals surface area contributed by atoms with E-state index in [1.807, 2.05) is 30.0 Å². The SMILES string of the molecule is Cc1c(N)cccc1C(=O)N1CCCC(C(C)C)CC1. The average Bonchev–Trinajstić information content (AvgIpc) is 2.67. The monoisotopic (exact) mass is 274 g/mol. The van der Waals surface area contributed by atoms with Gasteiger partial charge in [-0.2, -0.15) is 0 Å². The minimum absolute atomic E-state index is 0.138. The van der Waals surface area contributed by atoms with Crippen molar-refractivity contribution in [3.8, 4) is 0 Å². The maximum Gasteiger partial charge on any atom is 0.254 e. The smallest absolute Gasteiger partial charge is 0.254 e. The summed E-state index contributed by atoms with van der Waals surface area (Å²) in [5.74, 6) is 1.59. The van der Waals surface area contributed by atoms with Crippen LogP contribution in [0.5, 0.6) is 0 Å². The van der Waals surface area contributed by atoms with Crippen molar-refractivity contribution < 1.29 is 4.79 Å². The van der Waals surface area contributed by atoms with Crippen LogP contribution in [-0.4, -0.2) is 23.9 Å². The molecule has 0 spiro atoms. The fourth-order valence-electron chi connectivity index (χ4n) is 3.05. The number of amides is 1. The first-order valence-electron chi connectivity index (χ1n) is 7.65. The van der Waals surface area contributed by atoms with Crippen LogP contribution in [0.1, 0.15) is 49.0 Å². The number of benzene rings is 1. The van der Waals surface area contributed by atoms with Gasteiger partial charge in [-0.15, -0.1) is 0 Å². The number of nitrogen functional groups attached to an aromatic ring is 1. The molecule has 0 radical (unpaired) electrons. The number of carbonyl (C=O) groups excluding carboxylic acids is 1. The van der Waals surface area contributed by atoms with Crippen molar-refractivity contribution in [3.05, 3.63) is 29.3 Å². The van der Waals surface area contributed by atoms with Crippen molar-refractivity contribution in [1.29, 1.82) is 0 Å². The summed E-state index contributed by atoms with van der Waals surface area (Å²) in [7, 11) is 0. The van der Waals surface area contributed by atoms with Gasteiger partial charge >= 0.3 is 0 Å². The Kier molecular flexibility index (Phi) is 4.69. The highest BCUT2D eigenvalue weighted by molar-refractivity contribution is 5.96. The molecule has 1 atom stereocenters. The highest BCUT2D eigenvalue weighted by atomic mass is 16.2. The Balaban J connectivity index is 2.11. The Morgan fingerprint density at radius 1 is 1.30 bits per heavy atom. The maximum atomic E-state index is 12.7. The van der Waals surface area contributed by atoms with Gasteiger partial charge in [-0.1, -0.05) is 19.9 Å². The first-order chi connectivity index (χ1) is 9.50. The average molecular weight is 274 g/mol. The quantitative estimate of drug-likeness (QED) is 0.839. The lowest BCUT2D eigenvalue weighted by Gasteiger charge is -2.22. The summed E-state index contributed by atoms with van der Waals surface area (Å²) >= 11 is 0. The zero-order valence-corrected chi connectivity index (χ0v) is 12.9. The van der Waals surface area contributed by atoms with Gasteiger partial charge < -0.3 is 10.6 Å². The van der Waals surface area contributed by atoms with Gasteiger partial charge in [0.15, 0.2) is 0 Å². The third-order valence-electron chi connectivity index (χ3n) is 4.61. The Morgan fingerprint density at radius 2 is 2.05 bits per heavy atom. The van der Waals surface area contributed by atoms with E-state index in [1.165, 1.54) is 6.42 Å². The Morgan fingerprint density at radius 3 is 2.75 bits per heavy atom. The molecule has 0 bridgehead atoms. The minimum atomic E-state index is 0.138. The Bertz CT molecular complexity index is 482. The molecule has 20 heavy (non-hydrogen) atoms. The van der Waals surface area contributed by atoms with Crippen LogP contribution in [0.4, 0.5) is 5.69 Å². The van der Waals surface area contributed by atoms with Crippen molar-refractivity contribution in [3.63, 3.8) is 0 Å². The van der Waals surface area contributed by atoms with Crippen LogP contribution >= 0.6 is 0 Å². The lowest BCUT2D eigenvalue weighted by Crippen LogP contribution is -2.32. The molecular formula is C17H26N2O. The largest absolute Gasteiger partial charge is 0.398 e. The molecule has 0 saturated carbocycles. The van der Waals surface area contributed by atoms with Crippen molar-refractivity contribution in [1.82, 2.24) is 4.90 Å². The second kappa shape index (κ2) is 6.29. The van der Waals surface area contributed by atoms with Gasteiger partial charge in [0.25, 0.3) is 5.91 Å². The normalized spacial score (nSPS) is 20.0. The summed E-state index contributed by atoms with van der Waals surface area (Å²) in [5.41, 5.74) is 8.27. The van der Waals surface area contributed by atoms with Crippen molar-refractivity contribution in [2.75, 3.05) is 18.8 Å². The molecule has 1 amide bonds. The number of likely N-dealkylation sites (tertiary alicyclic amines) is 1. The fraction of sp³-hybridized carbons (Fsp3) is 0.588. The molecule has 0 aliphatic carbocycles. The lowest BCUT2D eigenvalue weighted by molar-refractivity contribution is 0.0758. The molecule has 1 heterocycles. The van der Waals surface area contributed by atoms with E-state index in [2.05, 4.69) is 13.8 Å².